The second-order valence-corrected chi connectivity index (χ2v) is 9.46. The summed E-state index contributed by atoms with van der Waals surface area (Å²) < 4.78 is 29.0. The predicted molar refractivity (Wildman–Crippen MR) is 97.7 cm³/mol. The number of sulfone groups is 1. The summed E-state index contributed by atoms with van der Waals surface area (Å²) in [7, 11) is -1.37. The van der Waals surface area contributed by atoms with E-state index >= 15 is 0 Å². The molecule has 1 fully saturated rings. The molecule has 0 aromatic heterocycles. The van der Waals surface area contributed by atoms with Gasteiger partial charge in [0.25, 0.3) is 0 Å². The average Bonchev–Trinajstić information content (AvgIpc) is 2.50. The Labute approximate surface area is 148 Å². The number of nitrogens with zero attached hydrogens (tertiary/aromatic N) is 2. The molecule has 0 atom stereocenters. The number of benzene rings is 1. The van der Waals surface area contributed by atoms with Gasteiger partial charge in [-0.2, -0.15) is 0 Å². The lowest BCUT2D eigenvalue weighted by Crippen LogP contribution is -2.57. The van der Waals surface area contributed by atoms with Crippen LogP contribution in [-0.4, -0.2) is 63.1 Å². The first kappa shape index (κ1) is 18.9. The van der Waals surface area contributed by atoms with Gasteiger partial charge in [-0.15, -0.1) is 0 Å². The highest BCUT2D eigenvalue weighted by Gasteiger charge is 2.40. The zero-order valence-corrected chi connectivity index (χ0v) is 15.8. The third-order valence-corrected chi connectivity index (χ3v) is 6.77. The van der Waals surface area contributed by atoms with Gasteiger partial charge < -0.3 is 15.0 Å². The summed E-state index contributed by atoms with van der Waals surface area (Å²) in [6.45, 7) is 5.39. The molecule has 1 aliphatic rings. The van der Waals surface area contributed by atoms with E-state index in [4.69, 9.17) is 16.3 Å². The van der Waals surface area contributed by atoms with E-state index in [9.17, 15) is 8.42 Å². The Morgan fingerprint density at radius 3 is 2.83 bits per heavy atom. The van der Waals surface area contributed by atoms with Crippen molar-refractivity contribution in [3.8, 4) is 5.75 Å². The third kappa shape index (κ3) is 4.54. The first-order chi connectivity index (χ1) is 11.2. The SMILES string of the molecule is CN=C(NCCOc1cccc(Cl)c1)N1CCS(=O)(=O)C(C)(C)C1. The van der Waals surface area contributed by atoms with Gasteiger partial charge in [-0.3, -0.25) is 4.99 Å². The number of rotatable bonds is 4. The Morgan fingerprint density at radius 1 is 1.46 bits per heavy atom. The molecular weight excluding hydrogens is 350 g/mol. The van der Waals surface area contributed by atoms with Gasteiger partial charge in [-0.25, -0.2) is 8.42 Å². The first-order valence-corrected chi connectivity index (χ1v) is 9.84. The van der Waals surface area contributed by atoms with Crippen LogP contribution in [0.4, 0.5) is 0 Å². The third-order valence-electron chi connectivity index (χ3n) is 4.00. The van der Waals surface area contributed by atoms with Gasteiger partial charge in [-0.1, -0.05) is 17.7 Å². The average molecular weight is 374 g/mol. The van der Waals surface area contributed by atoms with Crippen molar-refractivity contribution < 1.29 is 13.2 Å². The molecule has 0 radical (unpaired) electrons. The van der Waals surface area contributed by atoms with Crippen LogP contribution in [-0.2, 0) is 9.84 Å². The normalized spacial score (nSPS) is 19.8. The smallest absolute Gasteiger partial charge is 0.193 e. The molecule has 0 bridgehead atoms. The molecule has 1 aromatic rings. The maximum Gasteiger partial charge on any atom is 0.193 e. The zero-order valence-electron chi connectivity index (χ0n) is 14.3. The summed E-state index contributed by atoms with van der Waals surface area (Å²) in [5.74, 6) is 1.54. The molecule has 0 aliphatic carbocycles. The Morgan fingerprint density at radius 2 is 2.21 bits per heavy atom. The number of guanidine groups is 1. The minimum Gasteiger partial charge on any atom is -0.492 e. The summed E-state index contributed by atoms with van der Waals surface area (Å²) in [5, 5.41) is 3.84. The zero-order chi connectivity index (χ0) is 17.8. The van der Waals surface area contributed by atoms with Gasteiger partial charge in [-0.05, 0) is 32.0 Å². The maximum atomic E-state index is 12.1. The van der Waals surface area contributed by atoms with E-state index in [1.165, 1.54) is 0 Å². The number of nitrogens with one attached hydrogen (secondary N) is 1. The van der Waals surface area contributed by atoms with Crippen molar-refractivity contribution in [2.45, 2.75) is 18.6 Å². The summed E-state index contributed by atoms with van der Waals surface area (Å²) in [4.78, 5) is 6.22. The monoisotopic (exact) mass is 373 g/mol. The molecule has 1 heterocycles. The molecule has 134 valence electrons. The Balaban J connectivity index is 1.85. The lowest BCUT2D eigenvalue weighted by molar-refractivity contribution is 0.313. The van der Waals surface area contributed by atoms with Gasteiger partial charge in [0.1, 0.15) is 12.4 Å². The highest BCUT2D eigenvalue weighted by Crippen LogP contribution is 2.23. The van der Waals surface area contributed by atoms with E-state index in [2.05, 4.69) is 10.3 Å². The summed E-state index contributed by atoms with van der Waals surface area (Å²) >= 11 is 5.91. The Hall–Kier alpha value is -1.47. The number of hydrogen-bond donors (Lipinski definition) is 1. The Kier molecular flexibility index (Phi) is 5.98. The van der Waals surface area contributed by atoms with E-state index in [1.807, 2.05) is 17.0 Å². The predicted octanol–water partition coefficient (Wildman–Crippen LogP) is 1.80. The second kappa shape index (κ2) is 7.61. The van der Waals surface area contributed by atoms with Gasteiger partial charge in [0.05, 0.1) is 17.0 Å². The number of ether oxygens (including phenoxy) is 1. The van der Waals surface area contributed by atoms with Crippen LogP contribution in [0.2, 0.25) is 5.02 Å². The molecule has 8 heteroatoms. The minimum atomic E-state index is -3.06. The van der Waals surface area contributed by atoms with Crippen molar-refractivity contribution in [3.05, 3.63) is 29.3 Å². The van der Waals surface area contributed by atoms with Crippen molar-refractivity contribution in [2.24, 2.45) is 4.99 Å². The molecule has 0 spiro atoms. The van der Waals surface area contributed by atoms with Gasteiger partial charge in [0.2, 0.25) is 0 Å². The second-order valence-electron chi connectivity index (χ2n) is 6.28. The molecular formula is C16H24ClN3O3S. The first-order valence-electron chi connectivity index (χ1n) is 7.81. The Bertz CT molecular complexity index is 704. The molecule has 6 nitrogen and oxygen atoms in total. The molecule has 24 heavy (non-hydrogen) atoms. The van der Waals surface area contributed by atoms with Gasteiger partial charge in [0, 0.05) is 25.2 Å². The largest absolute Gasteiger partial charge is 0.492 e. The number of hydrogen-bond acceptors (Lipinski definition) is 4. The van der Waals surface area contributed by atoms with Crippen LogP contribution in [0.15, 0.2) is 29.3 Å². The van der Waals surface area contributed by atoms with E-state index in [0.717, 1.165) is 0 Å². The van der Waals surface area contributed by atoms with Gasteiger partial charge >= 0.3 is 0 Å². The van der Waals surface area contributed by atoms with Crippen LogP contribution in [0.25, 0.3) is 0 Å². The molecule has 1 N–H and O–H groups in total. The topological polar surface area (TPSA) is 71.0 Å². The molecule has 1 aliphatic heterocycles. The van der Waals surface area contributed by atoms with Crippen LogP contribution in [0.5, 0.6) is 5.75 Å². The van der Waals surface area contributed by atoms with Crippen LogP contribution in [0.1, 0.15) is 13.8 Å². The summed E-state index contributed by atoms with van der Waals surface area (Å²) in [5.41, 5.74) is 0. The van der Waals surface area contributed by atoms with Crippen molar-refractivity contribution >= 4 is 27.4 Å². The summed E-state index contributed by atoms with van der Waals surface area (Å²) in [6, 6.07) is 7.23. The van der Waals surface area contributed by atoms with Crippen LogP contribution < -0.4 is 10.1 Å². The molecule has 0 unspecified atom stereocenters. The van der Waals surface area contributed by atoms with Crippen molar-refractivity contribution in [1.82, 2.24) is 10.2 Å². The lowest BCUT2D eigenvalue weighted by atomic mass is 10.2. The van der Waals surface area contributed by atoms with Crippen LogP contribution >= 0.6 is 11.6 Å². The summed E-state index contributed by atoms with van der Waals surface area (Å²) in [6.07, 6.45) is 0. The quantitative estimate of drug-likeness (QED) is 0.495. The van der Waals surface area contributed by atoms with Crippen LogP contribution in [0, 0.1) is 0 Å². The van der Waals surface area contributed by atoms with E-state index in [1.54, 1.807) is 33.0 Å². The minimum absolute atomic E-state index is 0.139. The maximum absolute atomic E-state index is 12.1. The van der Waals surface area contributed by atoms with Crippen molar-refractivity contribution in [1.29, 1.82) is 0 Å². The highest BCUT2D eigenvalue weighted by atomic mass is 35.5. The molecule has 0 amide bonds. The molecule has 2 rings (SSSR count). The highest BCUT2D eigenvalue weighted by molar-refractivity contribution is 7.92. The molecule has 0 saturated carbocycles. The fraction of sp³-hybridized carbons (Fsp3) is 0.562. The van der Waals surface area contributed by atoms with Crippen LogP contribution in [0.3, 0.4) is 0 Å². The van der Waals surface area contributed by atoms with E-state index < -0.39 is 14.6 Å². The molecule has 1 saturated heterocycles. The molecule has 1 aromatic carbocycles. The van der Waals surface area contributed by atoms with E-state index in [-0.39, 0.29) is 5.75 Å². The standard InChI is InChI=1S/C16H24ClN3O3S/c1-16(2)12-20(8-10-24(16,21)22)15(18-3)19-7-9-23-14-6-4-5-13(17)11-14/h4-6,11H,7-10,12H2,1-3H3,(H,18,19). The number of aliphatic imine (C=N–C) groups is 1. The van der Waals surface area contributed by atoms with E-state index in [0.29, 0.717) is 43.0 Å². The van der Waals surface area contributed by atoms with Crippen molar-refractivity contribution in [3.63, 3.8) is 0 Å². The fourth-order valence-corrected chi connectivity index (χ4v) is 4.09. The lowest BCUT2D eigenvalue weighted by Gasteiger charge is -2.39. The number of halogens is 1. The fourth-order valence-electron chi connectivity index (χ4n) is 2.55. The van der Waals surface area contributed by atoms with Crippen molar-refractivity contribution in [2.75, 3.05) is 39.0 Å². The van der Waals surface area contributed by atoms with Gasteiger partial charge in [0.15, 0.2) is 15.8 Å².